The summed E-state index contributed by atoms with van der Waals surface area (Å²) in [4.78, 5) is 17.4. The second-order valence-corrected chi connectivity index (χ2v) is 8.00. The molecule has 8 heteroatoms. The van der Waals surface area contributed by atoms with E-state index >= 15 is 0 Å². The van der Waals surface area contributed by atoms with Crippen LogP contribution >= 0.6 is 11.8 Å². The molecule has 7 nitrogen and oxygen atoms in total. The molecule has 4 rings (SSSR count). The van der Waals surface area contributed by atoms with Crippen molar-refractivity contribution in [1.29, 1.82) is 0 Å². The number of fused-ring (bicyclic) bond motifs is 2. The van der Waals surface area contributed by atoms with Gasteiger partial charge < -0.3 is 24.1 Å². The number of methoxy groups -OCH3 is 1. The lowest BCUT2D eigenvalue weighted by atomic mass is 10.2. The Bertz CT molecular complexity index is 1020. The standard InChI is InChI=1S/C21H23N3O4S/c1-14(20(25)22-12-15-7-8-18-19(11-15)28-13-27-18)29-21-23-16-5-3-4-6-17(16)24(21)9-10-26-2/h3-8,11,14H,9-10,12-13H2,1-2H3,(H,22,25)/t14-/m1/s1. The molecule has 1 amide bonds. The van der Waals surface area contributed by atoms with E-state index in [1.54, 1.807) is 7.11 Å². The molecule has 1 aliphatic rings. The maximum atomic E-state index is 12.6. The molecule has 3 aromatic rings. The Balaban J connectivity index is 1.42. The predicted octanol–water partition coefficient (Wildman–Crippen LogP) is 3.21. The van der Waals surface area contributed by atoms with Gasteiger partial charge in [-0.25, -0.2) is 4.98 Å². The van der Waals surface area contributed by atoms with Crippen molar-refractivity contribution in [3.05, 3.63) is 48.0 Å². The van der Waals surface area contributed by atoms with Crippen LogP contribution in [0.3, 0.4) is 0 Å². The van der Waals surface area contributed by atoms with Crippen LogP contribution in [-0.2, 0) is 22.6 Å². The van der Waals surface area contributed by atoms with Crippen LogP contribution in [0.2, 0.25) is 0 Å². The highest BCUT2D eigenvalue weighted by Crippen LogP contribution is 2.32. The lowest BCUT2D eigenvalue weighted by Crippen LogP contribution is -2.30. The van der Waals surface area contributed by atoms with Crippen LogP contribution in [0.4, 0.5) is 0 Å². The van der Waals surface area contributed by atoms with Crippen molar-refractivity contribution in [3.63, 3.8) is 0 Å². The molecule has 0 bridgehead atoms. The quantitative estimate of drug-likeness (QED) is 0.572. The molecule has 0 spiro atoms. The molecule has 0 radical (unpaired) electrons. The van der Waals surface area contributed by atoms with E-state index in [-0.39, 0.29) is 18.0 Å². The van der Waals surface area contributed by atoms with Crippen molar-refractivity contribution >= 4 is 28.7 Å². The van der Waals surface area contributed by atoms with E-state index in [1.807, 2.05) is 49.4 Å². The van der Waals surface area contributed by atoms with Gasteiger partial charge >= 0.3 is 0 Å². The van der Waals surface area contributed by atoms with E-state index in [0.29, 0.717) is 25.4 Å². The minimum absolute atomic E-state index is 0.0435. The molecule has 0 saturated heterocycles. The first-order chi connectivity index (χ1) is 14.2. The second kappa shape index (κ2) is 8.75. The number of nitrogens with one attached hydrogen (secondary N) is 1. The van der Waals surface area contributed by atoms with Gasteiger partial charge in [0.15, 0.2) is 16.7 Å². The minimum atomic E-state index is -0.290. The molecular formula is C21H23N3O4S. The number of thioether (sulfide) groups is 1. The lowest BCUT2D eigenvalue weighted by molar-refractivity contribution is -0.120. The SMILES string of the molecule is COCCn1c(S[C@H](C)C(=O)NCc2ccc3c(c2)OCO3)nc2ccccc21. The number of carbonyl (C=O) groups is 1. The van der Waals surface area contributed by atoms with Gasteiger partial charge in [-0.2, -0.15) is 0 Å². The molecule has 29 heavy (non-hydrogen) atoms. The van der Waals surface area contributed by atoms with Crippen molar-refractivity contribution in [2.24, 2.45) is 0 Å². The van der Waals surface area contributed by atoms with Gasteiger partial charge in [0, 0.05) is 20.2 Å². The van der Waals surface area contributed by atoms with Crippen LogP contribution in [0, 0.1) is 0 Å². The summed E-state index contributed by atoms with van der Waals surface area (Å²) < 4.78 is 18.0. The van der Waals surface area contributed by atoms with Crippen LogP contribution in [0.15, 0.2) is 47.6 Å². The summed E-state index contributed by atoms with van der Waals surface area (Å²) in [5, 5.41) is 3.51. The average molecular weight is 413 g/mol. The first kappa shape index (κ1) is 19.6. The Kier molecular flexibility index (Phi) is 5.92. The lowest BCUT2D eigenvalue weighted by Gasteiger charge is -2.13. The maximum Gasteiger partial charge on any atom is 0.233 e. The number of ether oxygens (including phenoxy) is 3. The normalized spacial score (nSPS) is 13.6. The van der Waals surface area contributed by atoms with E-state index in [1.165, 1.54) is 11.8 Å². The summed E-state index contributed by atoms with van der Waals surface area (Å²) in [5.41, 5.74) is 2.92. The van der Waals surface area contributed by atoms with Crippen molar-refractivity contribution < 1.29 is 19.0 Å². The van der Waals surface area contributed by atoms with E-state index in [9.17, 15) is 4.79 Å². The zero-order valence-corrected chi connectivity index (χ0v) is 17.2. The van der Waals surface area contributed by atoms with Crippen LogP contribution in [0.5, 0.6) is 11.5 Å². The Morgan fingerprint density at radius 3 is 2.97 bits per heavy atom. The molecule has 0 aliphatic carbocycles. The predicted molar refractivity (Wildman–Crippen MR) is 111 cm³/mol. The summed E-state index contributed by atoms with van der Waals surface area (Å²) in [6.45, 7) is 3.83. The Hall–Kier alpha value is -2.71. The third-order valence-corrected chi connectivity index (χ3v) is 5.78. The van der Waals surface area contributed by atoms with E-state index in [4.69, 9.17) is 19.2 Å². The summed E-state index contributed by atoms with van der Waals surface area (Å²) in [6.07, 6.45) is 0. The second-order valence-electron chi connectivity index (χ2n) is 6.69. The Morgan fingerprint density at radius 2 is 2.10 bits per heavy atom. The summed E-state index contributed by atoms with van der Waals surface area (Å²) in [5.74, 6) is 1.41. The molecular weight excluding hydrogens is 390 g/mol. The first-order valence-electron chi connectivity index (χ1n) is 9.43. The molecule has 1 aromatic heterocycles. The molecule has 2 heterocycles. The van der Waals surface area contributed by atoms with Gasteiger partial charge in [0.25, 0.3) is 0 Å². The number of benzene rings is 2. The van der Waals surface area contributed by atoms with Crippen LogP contribution in [0.1, 0.15) is 12.5 Å². The fourth-order valence-electron chi connectivity index (χ4n) is 3.14. The number of hydrogen-bond donors (Lipinski definition) is 1. The van der Waals surface area contributed by atoms with Crippen molar-refractivity contribution in [1.82, 2.24) is 14.9 Å². The van der Waals surface area contributed by atoms with Crippen molar-refractivity contribution in [3.8, 4) is 11.5 Å². The minimum Gasteiger partial charge on any atom is -0.454 e. The molecule has 2 aromatic carbocycles. The van der Waals surface area contributed by atoms with Gasteiger partial charge in [-0.3, -0.25) is 4.79 Å². The van der Waals surface area contributed by atoms with Gasteiger partial charge in [-0.1, -0.05) is 30.0 Å². The first-order valence-corrected chi connectivity index (χ1v) is 10.3. The topological polar surface area (TPSA) is 74.6 Å². The Labute approximate surface area is 173 Å². The van der Waals surface area contributed by atoms with Gasteiger partial charge in [0.05, 0.1) is 22.9 Å². The Morgan fingerprint density at radius 1 is 1.28 bits per heavy atom. The molecule has 1 atom stereocenters. The zero-order valence-electron chi connectivity index (χ0n) is 16.4. The number of carbonyl (C=O) groups excluding carboxylic acids is 1. The van der Waals surface area contributed by atoms with E-state index in [2.05, 4.69) is 9.88 Å². The molecule has 0 fully saturated rings. The van der Waals surface area contributed by atoms with Crippen LogP contribution in [0.25, 0.3) is 11.0 Å². The van der Waals surface area contributed by atoms with Gasteiger partial charge in [-0.15, -0.1) is 0 Å². The largest absolute Gasteiger partial charge is 0.454 e. The van der Waals surface area contributed by atoms with Gasteiger partial charge in [-0.05, 0) is 36.8 Å². The van der Waals surface area contributed by atoms with E-state index in [0.717, 1.165) is 27.5 Å². The highest BCUT2D eigenvalue weighted by molar-refractivity contribution is 8.00. The van der Waals surface area contributed by atoms with Gasteiger partial charge in [0.1, 0.15) is 0 Å². The molecule has 0 unspecified atom stereocenters. The number of amides is 1. The highest BCUT2D eigenvalue weighted by Gasteiger charge is 2.20. The summed E-state index contributed by atoms with van der Waals surface area (Å²) in [7, 11) is 1.68. The van der Waals surface area contributed by atoms with Crippen LogP contribution in [-0.4, -0.2) is 41.2 Å². The van der Waals surface area contributed by atoms with E-state index < -0.39 is 0 Å². The smallest absolute Gasteiger partial charge is 0.233 e. The van der Waals surface area contributed by atoms with Crippen molar-refractivity contribution in [2.75, 3.05) is 20.5 Å². The summed E-state index contributed by atoms with van der Waals surface area (Å²) in [6, 6.07) is 13.6. The fraction of sp³-hybridized carbons (Fsp3) is 0.333. The molecule has 1 aliphatic heterocycles. The average Bonchev–Trinajstić information content (AvgIpc) is 3.34. The molecule has 0 saturated carbocycles. The monoisotopic (exact) mass is 413 g/mol. The molecule has 152 valence electrons. The molecule has 1 N–H and O–H groups in total. The maximum absolute atomic E-state index is 12.6. The van der Waals surface area contributed by atoms with Gasteiger partial charge in [0.2, 0.25) is 12.7 Å². The number of para-hydroxylation sites is 2. The number of aromatic nitrogens is 2. The third-order valence-electron chi connectivity index (χ3n) is 4.69. The zero-order chi connectivity index (χ0) is 20.2. The fourth-order valence-corrected chi connectivity index (χ4v) is 4.11. The number of rotatable bonds is 8. The number of imidazole rings is 1. The van der Waals surface area contributed by atoms with Crippen molar-refractivity contribution in [2.45, 2.75) is 30.4 Å². The number of hydrogen-bond acceptors (Lipinski definition) is 6. The van der Waals surface area contributed by atoms with Crippen LogP contribution < -0.4 is 14.8 Å². The number of nitrogens with zero attached hydrogens (tertiary/aromatic N) is 2. The third kappa shape index (κ3) is 4.33. The summed E-state index contributed by atoms with van der Waals surface area (Å²) >= 11 is 1.45. The highest BCUT2D eigenvalue weighted by atomic mass is 32.2.